The van der Waals surface area contributed by atoms with Crippen molar-refractivity contribution in [3.63, 3.8) is 0 Å². The van der Waals surface area contributed by atoms with Gasteiger partial charge in [-0.2, -0.15) is 5.10 Å². The third-order valence-electron chi connectivity index (χ3n) is 4.22. The SMILES string of the molecule is CCn1ncc(NC(=O)[C@@H]2CC(c3c(F)cccc3Cl)=NO2)c1C(=O)N(C)C. The second-order valence-corrected chi connectivity index (χ2v) is 6.75. The number of amides is 2. The predicted octanol–water partition coefficient (Wildman–Crippen LogP) is 2.53. The number of nitrogens with zero attached hydrogens (tertiary/aromatic N) is 4. The zero-order chi connectivity index (χ0) is 20.4. The Balaban J connectivity index is 1.76. The number of halogens is 2. The highest BCUT2D eigenvalue weighted by molar-refractivity contribution is 6.34. The van der Waals surface area contributed by atoms with Crippen LogP contribution in [0.2, 0.25) is 5.02 Å². The molecule has 0 bridgehead atoms. The number of aryl methyl sites for hydroxylation is 1. The van der Waals surface area contributed by atoms with Gasteiger partial charge in [0.25, 0.3) is 11.8 Å². The molecule has 28 heavy (non-hydrogen) atoms. The summed E-state index contributed by atoms with van der Waals surface area (Å²) >= 11 is 6.04. The molecule has 1 aromatic carbocycles. The molecule has 10 heteroatoms. The summed E-state index contributed by atoms with van der Waals surface area (Å²) in [5.41, 5.74) is 0.891. The summed E-state index contributed by atoms with van der Waals surface area (Å²) in [6.07, 6.45) is 0.478. The minimum atomic E-state index is -0.974. The number of hydrogen-bond acceptors (Lipinski definition) is 5. The lowest BCUT2D eigenvalue weighted by molar-refractivity contribution is -0.125. The standard InChI is InChI=1S/C18H19ClFN5O3/c1-4-25-16(18(27)24(2)3)13(9-21-25)22-17(26)14-8-12(23-28-14)15-10(19)6-5-7-11(15)20/h5-7,9,14H,4,8H2,1-3H3,(H,22,26)/t14-/m0/s1. The number of carbonyl (C=O) groups excluding carboxylic acids is 2. The van der Waals surface area contributed by atoms with E-state index in [1.165, 1.54) is 34.0 Å². The minimum absolute atomic E-state index is 0.0470. The molecule has 2 aromatic rings. The Hall–Kier alpha value is -2.94. The van der Waals surface area contributed by atoms with Crippen molar-refractivity contribution < 1.29 is 18.8 Å². The number of hydrogen-bond donors (Lipinski definition) is 1. The molecule has 1 N–H and O–H groups in total. The van der Waals surface area contributed by atoms with Crippen LogP contribution in [0, 0.1) is 5.82 Å². The lowest BCUT2D eigenvalue weighted by atomic mass is 10.0. The highest BCUT2D eigenvalue weighted by Crippen LogP contribution is 2.26. The highest BCUT2D eigenvalue weighted by atomic mass is 35.5. The summed E-state index contributed by atoms with van der Waals surface area (Å²) in [7, 11) is 3.22. The average molecular weight is 408 g/mol. The van der Waals surface area contributed by atoms with Crippen LogP contribution in [0.4, 0.5) is 10.1 Å². The van der Waals surface area contributed by atoms with E-state index < -0.39 is 17.8 Å². The van der Waals surface area contributed by atoms with Gasteiger partial charge in [-0.1, -0.05) is 22.8 Å². The van der Waals surface area contributed by atoms with Gasteiger partial charge in [-0.25, -0.2) is 4.39 Å². The van der Waals surface area contributed by atoms with Crippen molar-refractivity contribution in [3.05, 3.63) is 46.5 Å². The van der Waals surface area contributed by atoms with E-state index in [1.54, 1.807) is 14.1 Å². The van der Waals surface area contributed by atoms with Gasteiger partial charge in [-0.05, 0) is 19.1 Å². The van der Waals surface area contributed by atoms with Crippen molar-refractivity contribution in [1.29, 1.82) is 0 Å². The maximum Gasteiger partial charge on any atom is 0.273 e. The number of benzene rings is 1. The fourth-order valence-corrected chi connectivity index (χ4v) is 3.08. The van der Waals surface area contributed by atoms with Gasteiger partial charge in [0, 0.05) is 27.1 Å². The van der Waals surface area contributed by atoms with Crippen molar-refractivity contribution in [1.82, 2.24) is 14.7 Å². The second-order valence-electron chi connectivity index (χ2n) is 6.34. The Kier molecular flexibility index (Phi) is 5.64. The van der Waals surface area contributed by atoms with Crippen molar-refractivity contribution >= 4 is 34.8 Å². The number of oxime groups is 1. The maximum absolute atomic E-state index is 14.1. The van der Waals surface area contributed by atoms with E-state index in [0.29, 0.717) is 6.54 Å². The van der Waals surface area contributed by atoms with E-state index in [-0.39, 0.29) is 40.0 Å². The van der Waals surface area contributed by atoms with Gasteiger partial charge in [0.2, 0.25) is 6.10 Å². The van der Waals surface area contributed by atoms with Crippen LogP contribution < -0.4 is 5.32 Å². The maximum atomic E-state index is 14.1. The van der Waals surface area contributed by atoms with Gasteiger partial charge in [0.1, 0.15) is 11.5 Å². The number of carbonyl (C=O) groups is 2. The molecule has 8 nitrogen and oxygen atoms in total. The molecule has 2 amide bonds. The van der Waals surface area contributed by atoms with Crippen LogP contribution in [0.1, 0.15) is 29.4 Å². The average Bonchev–Trinajstić information content (AvgIpc) is 3.28. The molecule has 0 saturated carbocycles. The summed E-state index contributed by atoms with van der Waals surface area (Å²) < 4.78 is 15.6. The molecule has 0 saturated heterocycles. The smallest absolute Gasteiger partial charge is 0.273 e. The fourth-order valence-electron chi connectivity index (χ4n) is 2.81. The van der Waals surface area contributed by atoms with Gasteiger partial charge in [0.15, 0.2) is 0 Å². The van der Waals surface area contributed by atoms with E-state index in [4.69, 9.17) is 16.4 Å². The third-order valence-corrected chi connectivity index (χ3v) is 4.53. The first kappa shape index (κ1) is 19.8. The normalized spacial score (nSPS) is 15.8. The van der Waals surface area contributed by atoms with Gasteiger partial charge < -0.3 is 15.1 Å². The zero-order valence-electron chi connectivity index (χ0n) is 15.6. The van der Waals surface area contributed by atoms with Crippen LogP contribution in [-0.2, 0) is 16.2 Å². The van der Waals surface area contributed by atoms with E-state index >= 15 is 0 Å². The van der Waals surface area contributed by atoms with Crippen molar-refractivity contribution in [2.45, 2.75) is 26.0 Å². The Labute approximate surface area is 165 Å². The number of aromatic nitrogens is 2. The largest absolute Gasteiger partial charge is 0.382 e. The first-order chi connectivity index (χ1) is 13.3. The minimum Gasteiger partial charge on any atom is -0.382 e. The van der Waals surface area contributed by atoms with Crippen molar-refractivity contribution in [2.24, 2.45) is 5.16 Å². The fraction of sp³-hybridized carbons (Fsp3) is 0.333. The first-order valence-electron chi connectivity index (χ1n) is 8.58. The zero-order valence-corrected chi connectivity index (χ0v) is 16.3. The Bertz CT molecular complexity index is 936. The molecule has 1 atom stereocenters. The van der Waals surface area contributed by atoms with Crippen LogP contribution >= 0.6 is 11.6 Å². The molecule has 0 unspecified atom stereocenters. The number of rotatable bonds is 5. The van der Waals surface area contributed by atoms with Crippen LogP contribution in [0.15, 0.2) is 29.6 Å². The van der Waals surface area contributed by atoms with E-state index in [2.05, 4.69) is 15.6 Å². The van der Waals surface area contributed by atoms with Crippen LogP contribution in [0.5, 0.6) is 0 Å². The van der Waals surface area contributed by atoms with Gasteiger partial charge >= 0.3 is 0 Å². The monoisotopic (exact) mass is 407 g/mol. The van der Waals surface area contributed by atoms with E-state index in [0.717, 1.165) is 0 Å². The summed E-state index contributed by atoms with van der Waals surface area (Å²) in [6.45, 7) is 2.30. The number of anilines is 1. The predicted molar refractivity (Wildman–Crippen MR) is 102 cm³/mol. The van der Waals surface area contributed by atoms with Gasteiger partial charge in [0.05, 0.1) is 28.2 Å². The molecule has 1 aromatic heterocycles. The molecule has 0 radical (unpaired) electrons. The third kappa shape index (κ3) is 3.70. The van der Waals surface area contributed by atoms with Crippen molar-refractivity contribution in [2.75, 3.05) is 19.4 Å². The summed E-state index contributed by atoms with van der Waals surface area (Å²) in [6, 6.07) is 4.28. The summed E-state index contributed by atoms with van der Waals surface area (Å²) in [4.78, 5) is 31.6. The highest BCUT2D eigenvalue weighted by Gasteiger charge is 2.32. The molecule has 1 aliphatic rings. The lowest BCUT2D eigenvalue weighted by Gasteiger charge is -2.14. The second kappa shape index (κ2) is 7.97. The quantitative estimate of drug-likeness (QED) is 0.824. The molecule has 148 valence electrons. The Morgan fingerprint density at radius 1 is 1.43 bits per heavy atom. The van der Waals surface area contributed by atoms with Crippen molar-refractivity contribution in [3.8, 4) is 0 Å². The van der Waals surface area contributed by atoms with E-state index in [1.807, 2.05) is 6.92 Å². The van der Waals surface area contributed by atoms with Crippen LogP contribution in [0.25, 0.3) is 0 Å². The van der Waals surface area contributed by atoms with E-state index in [9.17, 15) is 14.0 Å². The Morgan fingerprint density at radius 3 is 2.82 bits per heavy atom. The summed E-state index contributed by atoms with van der Waals surface area (Å²) in [5.74, 6) is -1.36. The molecular weight excluding hydrogens is 389 g/mol. The molecule has 3 rings (SSSR count). The van der Waals surface area contributed by atoms with Crippen LogP contribution in [0.3, 0.4) is 0 Å². The Morgan fingerprint density at radius 2 is 2.18 bits per heavy atom. The van der Waals surface area contributed by atoms with Gasteiger partial charge in [-0.15, -0.1) is 0 Å². The molecular formula is C18H19ClFN5O3. The van der Waals surface area contributed by atoms with Gasteiger partial charge in [-0.3, -0.25) is 14.3 Å². The topological polar surface area (TPSA) is 88.8 Å². The molecule has 2 heterocycles. The molecule has 0 fully saturated rings. The first-order valence-corrected chi connectivity index (χ1v) is 8.96. The lowest BCUT2D eigenvalue weighted by Crippen LogP contribution is -2.30. The number of nitrogens with one attached hydrogen (secondary N) is 1. The van der Waals surface area contributed by atoms with Crippen LogP contribution in [-0.4, -0.2) is 52.4 Å². The summed E-state index contributed by atoms with van der Waals surface area (Å²) in [5, 5.41) is 10.8. The molecule has 1 aliphatic heterocycles. The molecule has 0 spiro atoms. The molecule has 0 aliphatic carbocycles.